The minimum absolute atomic E-state index is 0.0988. The van der Waals surface area contributed by atoms with Gasteiger partial charge in [0.15, 0.2) is 0 Å². The molecule has 0 saturated carbocycles. The van der Waals surface area contributed by atoms with Gasteiger partial charge in [-0.25, -0.2) is 0 Å². The molecule has 6 nitrogen and oxygen atoms in total. The van der Waals surface area contributed by atoms with Gasteiger partial charge in [-0.1, -0.05) is 11.6 Å². The summed E-state index contributed by atoms with van der Waals surface area (Å²) < 4.78 is 2.36. The third kappa shape index (κ3) is 3.00. The van der Waals surface area contributed by atoms with E-state index < -0.39 is 10.8 Å². The zero-order chi connectivity index (χ0) is 14.9. The van der Waals surface area contributed by atoms with Gasteiger partial charge in [0.2, 0.25) is 0 Å². The fraction of sp³-hybridized carbons (Fsp3) is 0.0833. The van der Waals surface area contributed by atoms with Gasteiger partial charge in [-0.15, -0.1) is 0 Å². The van der Waals surface area contributed by atoms with E-state index in [0.29, 0.717) is 5.69 Å². The average molecular weight is 359 g/mol. The SMILES string of the molecule is Cn1cc(Br)cc1C(=O)Nc1ccc(Cl)cc1[N+](=O)[O-]. The number of rotatable bonds is 3. The Morgan fingerprint density at radius 3 is 2.70 bits per heavy atom. The quantitative estimate of drug-likeness (QED) is 0.672. The number of nitro benzene ring substituents is 1. The lowest BCUT2D eigenvalue weighted by Crippen LogP contribution is -2.16. The molecule has 0 bridgehead atoms. The Morgan fingerprint density at radius 1 is 1.45 bits per heavy atom. The van der Waals surface area contributed by atoms with E-state index in [1.807, 2.05) is 0 Å². The van der Waals surface area contributed by atoms with Gasteiger partial charge in [0.1, 0.15) is 11.4 Å². The molecule has 20 heavy (non-hydrogen) atoms. The van der Waals surface area contributed by atoms with E-state index in [1.165, 1.54) is 18.2 Å². The summed E-state index contributed by atoms with van der Waals surface area (Å²) in [5.41, 5.74) is 0.224. The maximum Gasteiger partial charge on any atom is 0.294 e. The molecular formula is C12H9BrClN3O3. The van der Waals surface area contributed by atoms with Crippen LogP contribution >= 0.6 is 27.5 Å². The van der Waals surface area contributed by atoms with Gasteiger partial charge in [0.05, 0.1) is 4.92 Å². The highest BCUT2D eigenvalue weighted by atomic mass is 79.9. The molecule has 2 rings (SSSR count). The maximum absolute atomic E-state index is 12.1. The van der Waals surface area contributed by atoms with Crippen molar-refractivity contribution in [1.29, 1.82) is 0 Å². The summed E-state index contributed by atoms with van der Waals surface area (Å²) in [6, 6.07) is 5.69. The smallest absolute Gasteiger partial charge is 0.294 e. The molecule has 1 aromatic carbocycles. The van der Waals surface area contributed by atoms with Crippen molar-refractivity contribution in [3.05, 3.63) is 55.8 Å². The van der Waals surface area contributed by atoms with Crippen molar-refractivity contribution in [3.8, 4) is 0 Å². The highest BCUT2D eigenvalue weighted by Gasteiger charge is 2.18. The number of aryl methyl sites for hydroxylation is 1. The number of amides is 1. The Bertz CT molecular complexity index is 699. The minimum Gasteiger partial charge on any atom is -0.345 e. The Morgan fingerprint density at radius 2 is 2.15 bits per heavy atom. The molecule has 1 aromatic heterocycles. The number of benzene rings is 1. The molecule has 0 unspecified atom stereocenters. The monoisotopic (exact) mass is 357 g/mol. The van der Waals surface area contributed by atoms with E-state index in [-0.39, 0.29) is 16.4 Å². The van der Waals surface area contributed by atoms with Gasteiger partial charge in [-0.3, -0.25) is 14.9 Å². The van der Waals surface area contributed by atoms with Crippen LogP contribution in [0.5, 0.6) is 0 Å². The molecule has 8 heteroatoms. The summed E-state index contributed by atoms with van der Waals surface area (Å²) in [4.78, 5) is 22.5. The Labute approximate surface area is 127 Å². The number of carbonyl (C=O) groups is 1. The Kier molecular flexibility index (Phi) is 4.10. The van der Waals surface area contributed by atoms with E-state index in [4.69, 9.17) is 11.6 Å². The molecule has 2 aromatic rings. The summed E-state index contributed by atoms with van der Waals surface area (Å²) in [5, 5.41) is 13.7. The number of aromatic nitrogens is 1. The molecule has 0 radical (unpaired) electrons. The number of nitro groups is 1. The fourth-order valence-electron chi connectivity index (χ4n) is 1.70. The molecule has 104 valence electrons. The van der Waals surface area contributed by atoms with Gasteiger partial charge in [-0.05, 0) is 34.1 Å². The van der Waals surface area contributed by atoms with Gasteiger partial charge >= 0.3 is 0 Å². The summed E-state index contributed by atoms with van der Waals surface area (Å²) in [6.07, 6.45) is 1.71. The molecule has 0 aliphatic carbocycles. The van der Waals surface area contributed by atoms with Crippen LogP contribution in [-0.4, -0.2) is 15.4 Å². The summed E-state index contributed by atoms with van der Waals surface area (Å²) in [6.45, 7) is 0. The zero-order valence-electron chi connectivity index (χ0n) is 10.3. The first-order valence-electron chi connectivity index (χ1n) is 5.45. The van der Waals surface area contributed by atoms with E-state index in [9.17, 15) is 14.9 Å². The number of hydrogen-bond donors (Lipinski definition) is 1. The minimum atomic E-state index is -0.595. The van der Waals surface area contributed by atoms with Crippen LogP contribution in [0.2, 0.25) is 5.02 Å². The van der Waals surface area contributed by atoms with Crippen molar-refractivity contribution >= 4 is 44.8 Å². The first kappa shape index (κ1) is 14.5. The summed E-state index contributed by atoms with van der Waals surface area (Å²) in [7, 11) is 1.70. The normalized spacial score (nSPS) is 10.3. The van der Waals surface area contributed by atoms with Crippen LogP contribution in [0.4, 0.5) is 11.4 Å². The standard InChI is InChI=1S/C12H9BrClN3O3/c1-16-6-7(13)4-11(16)12(18)15-9-3-2-8(14)5-10(9)17(19)20/h2-6H,1H3,(H,15,18). The van der Waals surface area contributed by atoms with Crippen molar-refractivity contribution < 1.29 is 9.72 Å². The van der Waals surface area contributed by atoms with Crippen LogP contribution in [0, 0.1) is 10.1 Å². The molecule has 0 atom stereocenters. The van der Waals surface area contributed by atoms with Gasteiger partial charge in [0.25, 0.3) is 11.6 Å². The molecule has 0 saturated heterocycles. The predicted molar refractivity (Wildman–Crippen MR) is 79.2 cm³/mol. The number of nitrogens with one attached hydrogen (secondary N) is 1. The van der Waals surface area contributed by atoms with Crippen LogP contribution in [0.15, 0.2) is 34.9 Å². The fourth-order valence-corrected chi connectivity index (χ4v) is 2.39. The molecule has 1 heterocycles. The molecular weight excluding hydrogens is 350 g/mol. The first-order chi connectivity index (χ1) is 9.38. The zero-order valence-corrected chi connectivity index (χ0v) is 12.6. The largest absolute Gasteiger partial charge is 0.345 e. The maximum atomic E-state index is 12.1. The molecule has 0 aliphatic heterocycles. The molecule has 0 fully saturated rings. The van der Waals surface area contributed by atoms with Gasteiger partial charge in [-0.2, -0.15) is 0 Å². The van der Waals surface area contributed by atoms with Crippen molar-refractivity contribution in [2.45, 2.75) is 0 Å². The van der Waals surface area contributed by atoms with E-state index in [1.54, 1.807) is 23.9 Å². The summed E-state index contributed by atoms with van der Waals surface area (Å²) >= 11 is 8.97. The van der Waals surface area contributed by atoms with Crippen LogP contribution in [0.1, 0.15) is 10.5 Å². The number of hydrogen-bond acceptors (Lipinski definition) is 3. The Hall–Kier alpha value is -1.86. The molecule has 0 spiro atoms. The second kappa shape index (κ2) is 5.64. The van der Waals surface area contributed by atoms with Crippen LogP contribution < -0.4 is 5.32 Å². The summed E-state index contributed by atoms with van der Waals surface area (Å²) in [5.74, 6) is -0.441. The lowest BCUT2D eigenvalue weighted by atomic mass is 10.2. The lowest BCUT2D eigenvalue weighted by Gasteiger charge is -2.07. The second-order valence-electron chi connectivity index (χ2n) is 4.03. The van der Waals surface area contributed by atoms with Crippen molar-refractivity contribution in [2.75, 3.05) is 5.32 Å². The van der Waals surface area contributed by atoms with E-state index in [0.717, 1.165) is 4.47 Å². The average Bonchev–Trinajstić information content (AvgIpc) is 2.70. The lowest BCUT2D eigenvalue weighted by molar-refractivity contribution is -0.383. The number of nitrogens with zero attached hydrogens (tertiary/aromatic N) is 2. The van der Waals surface area contributed by atoms with Crippen LogP contribution in [-0.2, 0) is 7.05 Å². The third-order valence-corrected chi connectivity index (χ3v) is 3.28. The van der Waals surface area contributed by atoms with E-state index >= 15 is 0 Å². The highest BCUT2D eigenvalue weighted by molar-refractivity contribution is 9.10. The topological polar surface area (TPSA) is 77.2 Å². The highest BCUT2D eigenvalue weighted by Crippen LogP contribution is 2.28. The van der Waals surface area contributed by atoms with Crippen molar-refractivity contribution in [2.24, 2.45) is 7.05 Å². The van der Waals surface area contributed by atoms with E-state index in [2.05, 4.69) is 21.2 Å². The molecule has 1 N–H and O–H groups in total. The van der Waals surface area contributed by atoms with Gasteiger partial charge in [0, 0.05) is 28.8 Å². The molecule has 1 amide bonds. The van der Waals surface area contributed by atoms with Crippen molar-refractivity contribution in [1.82, 2.24) is 4.57 Å². The Balaban J connectivity index is 2.33. The third-order valence-electron chi connectivity index (χ3n) is 2.61. The van der Waals surface area contributed by atoms with Crippen LogP contribution in [0.25, 0.3) is 0 Å². The predicted octanol–water partition coefficient (Wildman–Crippen LogP) is 3.60. The number of carbonyl (C=O) groups excluding carboxylic acids is 1. The van der Waals surface area contributed by atoms with Crippen LogP contribution in [0.3, 0.4) is 0 Å². The molecule has 0 aliphatic rings. The number of anilines is 1. The second-order valence-corrected chi connectivity index (χ2v) is 5.38. The van der Waals surface area contributed by atoms with Gasteiger partial charge < -0.3 is 9.88 Å². The first-order valence-corrected chi connectivity index (χ1v) is 6.62. The number of halogens is 2. The van der Waals surface area contributed by atoms with Crippen molar-refractivity contribution in [3.63, 3.8) is 0 Å².